The van der Waals surface area contributed by atoms with Gasteiger partial charge in [0.25, 0.3) is 0 Å². The Hall–Kier alpha value is -1.69. The van der Waals surface area contributed by atoms with Gasteiger partial charge in [0, 0.05) is 0 Å². The lowest BCUT2D eigenvalue weighted by Gasteiger charge is -2.09. The van der Waals surface area contributed by atoms with Crippen LogP contribution in [0.25, 0.3) is 0 Å². The van der Waals surface area contributed by atoms with E-state index in [2.05, 4.69) is 10.2 Å². The van der Waals surface area contributed by atoms with Gasteiger partial charge in [-0.15, -0.1) is 5.10 Å². The highest BCUT2D eigenvalue weighted by atomic mass is 32.2. The highest BCUT2D eigenvalue weighted by molar-refractivity contribution is 8.13. The molecule has 0 aliphatic heterocycles. The van der Waals surface area contributed by atoms with Crippen LogP contribution in [-0.4, -0.2) is 31.4 Å². The molecule has 18 heavy (non-hydrogen) atoms. The first kappa shape index (κ1) is 14.4. The van der Waals surface area contributed by atoms with Crippen molar-refractivity contribution in [2.45, 2.75) is 6.92 Å². The number of hydrogen-bond acceptors (Lipinski definition) is 5. The molecule has 0 saturated carbocycles. The summed E-state index contributed by atoms with van der Waals surface area (Å²) in [5.74, 6) is 1.38. The second kappa shape index (κ2) is 7.60. The number of thioether (sulfide) groups is 1. The summed E-state index contributed by atoms with van der Waals surface area (Å²) in [6.07, 6.45) is 3.46. The van der Waals surface area contributed by atoms with Crippen LogP contribution in [0.5, 0.6) is 11.5 Å². The second-order valence-corrected chi connectivity index (χ2v) is 4.06. The van der Waals surface area contributed by atoms with Crippen LogP contribution in [-0.2, 0) is 0 Å². The summed E-state index contributed by atoms with van der Waals surface area (Å²) in [5, 5.41) is 8.12. The lowest BCUT2D eigenvalue weighted by molar-refractivity contribution is 0.311. The predicted octanol–water partition coefficient (Wildman–Crippen LogP) is 2.11. The Balaban J connectivity index is 2.87. The molecule has 0 radical (unpaired) electrons. The van der Waals surface area contributed by atoms with E-state index >= 15 is 0 Å². The summed E-state index contributed by atoms with van der Waals surface area (Å²) in [6.45, 7) is 2.50. The van der Waals surface area contributed by atoms with E-state index in [1.165, 1.54) is 11.8 Å². The minimum atomic E-state index is 0.421. The fraction of sp³-hybridized carbons (Fsp3) is 0.333. The molecule has 5 nitrogen and oxygen atoms in total. The van der Waals surface area contributed by atoms with Crippen LogP contribution < -0.4 is 15.2 Å². The van der Waals surface area contributed by atoms with E-state index in [-0.39, 0.29) is 0 Å². The molecule has 98 valence electrons. The van der Waals surface area contributed by atoms with Crippen LogP contribution in [0.3, 0.4) is 0 Å². The maximum absolute atomic E-state index is 5.51. The van der Waals surface area contributed by atoms with Gasteiger partial charge in [-0.2, -0.15) is 5.10 Å². The van der Waals surface area contributed by atoms with Gasteiger partial charge in [-0.05, 0) is 36.9 Å². The van der Waals surface area contributed by atoms with E-state index in [9.17, 15) is 0 Å². The van der Waals surface area contributed by atoms with Gasteiger partial charge in [0.1, 0.15) is 0 Å². The SMILES string of the molecule is CCOc1cc(/C=N\N=C(/N)SC)ccc1OC. The number of nitrogens with two attached hydrogens (primary N) is 1. The predicted molar refractivity (Wildman–Crippen MR) is 76.9 cm³/mol. The average Bonchev–Trinajstić information content (AvgIpc) is 2.39. The van der Waals surface area contributed by atoms with Gasteiger partial charge in [0.15, 0.2) is 16.7 Å². The van der Waals surface area contributed by atoms with Crippen LogP contribution in [0.15, 0.2) is 28.4 Å². The molecule has 1 rings (SSSR count). The standard InChI is InChI=1S/C12H17N3O2S/c1-4-17-11-7-9(5-6-10(11)16-2)8-14-15-12(13)18-3/h5-8H,4H2,1-3H3,(H2,13,15)/b14-8-. The molecule has 0 amide bonds. The molecule has 0 heterocycles. The lowest BCUT2D eigenvalue weighted by Crippen LogP contribution is -2.03. The third-order valence-corrected chi connectivity index (χ3v) is 2.56. The van der Waals surface area contributed by atoms with Crippen molar-refractivity contribution < 1.29 is 9.47 Å². The Morgan fingerprint density at radius 1 is 1.44 bits per heavy atom. The molecule has 1 aromatic carbocycles. The lowest BCUT2D eigenvalue weighted by atomic mass is 10.2. The summed E-state index contributed by atoms with van der Waals surface area (Å²) in [5.41, 5.74) is 6.39. The van der Waals surface area contributed by atoms with Crippen molar-refractivity contribution in [2.24, 2.45) is 15.9 Å². The number of rotatable bonds is 5. The van der Waals surface area contributed by atoms with Gasteiger partial charge < -0.3 is 15.2 Å². The summed E-state index contributed by atoms with van der Waals surface area (Å²) >= 11 is 1.35. The molecular weight excluding hydrogens is 250 g/mol. The van der Waals surface area contributed by atoms with Crippen molar-refractivity contribution in [3.63, 3.8) is 0 Å². The van der Waals surface area contributed by atoms with Crippen LogP contribution in [0, 0.1) is 0 Å². The topological polar surface area (TPSA) is 69.2 Å². The minimum absolute atomic E-state index is 0.421. The summed E-state index contributed by atoms with van der Waals surface area (Å²) in [6, 6.07) is 5.54. The third kappa shape index (κ3) is 4.29. The van der Waals surface area contributed by atoms with E-state index in [0.717, 1.165) is 5.56 Å². The fourth-order valence-corrected chi connectivity index (χ4v) is 1.36. The van der Waals surface area contributed by atoms with Crippen LogP contribution in [0.2, 0.25) is 0 Å². The van der Waals surface area contributed by atoms with E-state index in [1.54, 1.807) is 13.3 Å². The molecule has 0 saturated heterocycles. The number of nitrogens with zero attached hydrogens (tertiary/aromatic N) is 2. The van der Waals surface area contributed by atoms with Gasteiger partial charge in [-0.3, -0.25) is 0 Å². The number of benzene rings is 1. The first-order valence-electron chi connectivity index (χ1n) is 5.42. The van der Waals surface area contributed by atoms with Crippen molar-refractivity contribution >= 4 is 23.1 Å². The van der Waals surface area contributed by atoms with Gasteiger partial charge in [0.2, 0.25) is 0 Å². The number of amidine groups is 1. The average molecular weight is 267 g/mol. The zero-order valence-electron chi connectivity index (χ0n) is 10.7. The Morgan fingerprint density at radius 2 is 2.22 bits per heavy atom. The minimum Gasteiger partial charge on any atom is -0.493 e. The molecule has 1 aromatic rings. The van der Waals surface area contributed by atoms with Gasteiger partial charge >= 0.3 is 0 Å². The third-order valence-electron chi connectivity index (χ3n) is 2.06. The van der Waals surface area contributed by atoms with E-state index in [1.807, 2.05) is 31.4 Å². The first-order valence-corrected chi connectivity index (χ1v) is 6.65. The maximum Gasteiger partial charge on any atom is 0.180 e. The van der Waals surface area contributed by atoms with Crippen molar-refractivity contribution in [2.75, 3.05) is 20.0 Å². The second-order valence-electron chi connectivity index (χ2n) is 3.23. The molecule has 0 aliphatic carbocycles. The number of hydrogen-bond donors (Lipinski definition) is 1. The zero-order valence-corrected chi connectivity index (χ0v) is 11.5. The molecule has 0 unspecified atom stereocenters. The van der Waals surface area contributed by atoms with Crippen molar-refractivity contribution in [3.05, 3.63) is 23.8 Å². The smallest absolute Gasteiger partial charge is 0.180 e. The highest BCUT2D eigenvalue weighted by Crippen LogP contribution is 2.27. The monoisotopic (exact) mass is 267 g/mol. The maximum atomic E-state index is 5.51. The Labute approximate surface area is 111 Å². The summed E-state index contributed by atoms with van der Waals surface area (Å²) in [4.78, 5) is 0. The molecule has 0 aliphatic rings. The quantitative estimate of drug-likeness (QED) is 0.504. The van der Waals surface area contributed by atoms with Gasteiger partial charge in [-0.1, -0.05) is 11.8 Å². The van der Waals surface area contributed by atoms with E-state index in [0.29, 0.717) is 23.3 Å². The molecule has 0 aromatic heterocycles. The van der Waals surface area contributed by atoms with Crippen molar-refractivity contribution in [1.82, 2.24) is 0 Å². The van der Waals surface area contributed by atoms with Crippen LogP contribution in [0.4, 0.5) is 0 Å². The van der Waals surface area contributed by atoms with Crippen molar-refractivity contribution in [1.29, 1.82) is 0 Å². The van der Waals surface area contributed by atoms with Gasteiger partial charge in [-0.25, -0.2) is 0 Å². The molecular formula is C12H17N3O2S. The fourth-order valence-electron chi connectivity index (χ4n) is 1.24. The first-order chi connectivity index (χ1) is 8.71. The number of methoxy groups -OCH3 is 1. The molecule has 0 bridgehead atoms. The van der Waals surface area contributed by atoms with E-state index in [4.69, 9.17) is 15.2 Å². The summed E-state index contributed by atoms with van der Waals surface area (Å²) < 4.78 is 10.7. The van der Waals surface area contributed by atoms with Crippen molar-refractivity contribution in [3.8, 4) is 11.5 Å². The van der Waals surface area contributed by atoms with Gasteiger partial charge in [0.05, 0.1) is 19.9 Å². The van der Waals surface area contributed by atoms with Crippen LogP contribution in [0.1, 0.15) is 12.5 Å². The number of ether oxygens (including phenoxy) is 2. The largest absolute Gasteiger partial charge is 0.493 e. The van der Waals surface area contributed by atoms with E-state index < -0.39 is 0 Å². The molecule has 2 N–H and O–H groups in total. The summed E-state index contributed by atoms with van der Waals surface area (Å²) in [7, 11) is 1.61. The Morgan fingerprint density at radius 3 is 2.83 bits per heavy atom. The van der Waals surface area contributed by atoms with Crippen LogP contribution >= 0.6 is 11.8 Å². The Bertz CT molecular complexity index is 447. The molecule has 0 atom stereocenters. The molecule has 0 fully saturated rings. The Kier molecular flexibility index (Phi) is 6.07. The zero-order chi connectivity index (χ0) is 13.4. The normalized spacial score (nSPS) is 11.8. The molecule has 6 heteroatoms. The molecule has 0 spiro atoms. The highest BCUT2D eigenvalue weighted by Gasteiger charge is 2.03.